The van der Waals surface area contributed by atoms with Gasteiger partial charge in [-0.05, 0) is 24.3 Å². The summed E-state index contributed by atoms with van der Waals surface area (Å²) < 4.78 is 104. The summed E-state index contributed by atoms with van der Waals surface area (Å²) in [5.41, 5.74) is -11.0. The molecule has 0 radical (unpaired) electrons. The number of amidine groups is 1. The molecule has 0 bridgehead atoms. The van der Waals surface area contributed by atoms with E-state index in [9.17, 15) is 40.3 Å². The summed E-state index contributed by atoms with van der Waals surface area (Å²) in [4.78, 5) is 27.5. The van der Waals surface area contributed by atoms with Crippen LogP contribution in [0, 0.1) is 5.82 Å². The molecular weight excluding hydrogens is 453 g/mol. The Morgan fingerprint density at radius 1 is 0.969 bits per heavy atom. The average molecular weight is 463 g/mol. The molecule has 3 aromatic rings. The molecule has 7 nitrogen and oxygen atoms in total. The van der Waals surface area contributed by atoms with Crippen molar-refractivity contribution < 1.29 is 40.1 Å². The summed E-state index contributed by atoms with van der Waals surface area (Å²) in [6.45, 7) is 0. The number of nitrogens with one attached hydrogen (secondary N) is 3. The highest BCUT2D eigenvalue weighted by Gasteiger charge is 2.78. The predicted octanol–water partition coefficient (Wildman–Crippen LogP) is 1.53. The van der Waals surface area contributed by atoms with Crippen LogP contribution in [0.1, 0.15) is 11.3 Å². The van der Waals surface area contributed by atoms with E-state index in [0.717, 1.165) is 24.5 Å². The van der Waals surface area contributed by atoms with Crippen LogP contribution in [0.25, 0.3) is 5.69 Å². The lowest BCUT2D eigenvalue weighted by Crippen LogP contribution is -2.97. The minimum Gasteiger partial charge on any atom is -0.456 e. The lowest BCUT2D eigenvalue weighted by atomic mass is 9.88. The Bertz CT molecular complexity index is 1320. The van der Waals surface area contributed by atoms with Gasteiger partial charge in [-0.15, -0.1) is 0 Å². The van der Waals surface area contributed by atoms with Gasteiger partial charge >= 0.3 is 29.4 Å². The SMILES string of the molecule is O=c1[nH]c(=O)n(-c2ccccc2F)c2c1C(C(F)(F)F)(C(F)(F)F)[NH+]=C(c1ccco1)N2. The standard InChI is InChI=1S/C18H9F7N4O3/c19-8-4-1-2-5-9(8)29-13-11(14(30)27-15(29)31)16(17(20,21)22,18(23,24)25)28-12(26-13)10-6-3-7-32-10/h1-7H,(H,26,28)(H,27,30,31)/p+1. The van der Waals surface area contributed by atoms with Crippen LogP contribution in [0.3, 0.4) is 0 Å². The van der Waals surface area contributed by atoms with Crippen LogP contribution < -0.4 is 21.6 Å². The van der Waals surface area contributed by atoms with Crippen LogP contribution in [0.2, 0.25) is 0 Å². The average Bonchev–Trinajstić information content (AvgIpc) is 3.21. The number of nitrogens with zero attached hydrogens (tertiary/aromatic N) is 1. The summed E-state index contributed by atoms with van der Waals surface area (Å²) in [7, 11) is 0. The van der Waals surface area contributed by atoms with Gasteiger partial charge in [0.15, 0.2) is 0 Å². The van der Waals surface area contributed by atoms with Gasteiger partial charge in [0.2, 0.25) is 11.6 Å². The fourth-order valence-corrected chi connectivity index (χ4v) is 3.40. The Labute approximate surface area is 171 Å². The highest BCUT2D eigenvalue weighted by atomic mass is 19.4. The van der Waals surface area contributed by atoms with E-state index in [0.29, 0.717) is 0 Å². The van der Waals surface area contributed by atoms with Gasteiger partial charge in [-0.3, -0.25) is 9.78 Å². The zero-order chi connectivity index (χ0) is 23.5. The van der Waals surface area contributed by atoms with E-state index in [1.165, 1.54) is 28.2 Å². The van der Waals surface area contributed by atoms with Gasteiger partial charge in [0.25, 0.3) is 5.56 Å². The monoisotopic (exact) mass is 463 g/mol. The van der Waals surface area contributed by atoms with Crippen LogP contribution in [-0.4, -0.2) is 27.7 Å². The van der Waals surface area contributed by atoms with Gasteiger partial charge in [0.1, 0.15) is 11.4 Å². The quantitative estimate of drug-likeness (QED) is 0.503. The maximum absolute atomic E-state index is 14.4. The Balaban J connectivity index is 2.21. The summed E-state index contributed by atoms with van der Waals surface area (Å²) in [6.07, 6.45) is -11.3. The predicted molar refractivity (Wildman–Crippen MR) is 93.8 cm³/mol. The van der Waals surface area contributed by atoms with Crippen molar-refractivity contribution in [1.82, 2.24) is 9.55 Å². The molecule has 0 unspecified atom stereocenters. The molecule has 168 valence electrons. The van der Waals surface area contributed by atoms with Crippen LogP contribution in [0.5, 0.6) is 0 Å². The first kappa shape index (κ1) is 21.4. The fourth-order valence-electron chi connectivity index (χ4n) is 3.40. The molecule has 0 spiro atoms. The molecule has 3 heterocycles. The van der Waals surface area contributed by atoms with E-state index in [2.05, 4.69) is 5.32 Å². The van der Waals surface area contributed by atoms with Gasteiger partial charge in [0, 0.05) is 0 Å². The highest BCUT2D eigenvalue weighted by Crippen LogP contribution is 2.48. The summed E-state index contributed by atoms with van der Waals surface area (Å²) in [5.74, 6) is -3.83. The molecule has 1 aromatic carbocycles. The first-order valence-electron chi connectivity index (χ1n) is 8.62. The third-order valence-electron chi connectivity index (χ3n) is 4.75. The van der Waals surface area contributed by atoms with Gasteiger partial charge in [-0.2, -0.15) is 26.3 Å². The van der Waals surface area contributed by atoms with Crippen LogP contribution >= 0.6 is 0 Å². The van der Waals surface area contributed by atoms with Crippen LogP contribution in [-0.2, 0) is 5.54 Å². The summed E-state index contributed by atoms with van der Waals surface area (Å²) >= 11 is 0. The van der Waals surface area contributed by atoms with E-state index in [-0.39, 0.29) is 4.57 Å². The maximum Gasteiger partial charge on any atom is 0.446 e. The van der Waals surface area contributed by atoms with Crippen molar-refractivity contribution in [2.24, 2.45) is 0 Å². The lowest BCUT2D eigenvalue weighted by molar-refractivity contribution is -0.658. The molecule has 0 amide bonds. The topological polar surface area (TPSA) is 94.0 Å². The van der Waals surface area contributed by atoms with Crippen molar-refractivity contribution in [3.8, 4) is 5.69 Å². The molecule has 4 rings (SSSR count). The van der Waals surface area contributed by atoms with E-state index < -0.39 is 63.6 Å². The molecule has 2 aromatic heterocycles. The largest absolute Gasteiger partial charge is 0.456 e. The lowest BCUT2D eigenvalue weighted by Gasteiger charge is -2.34. The number of alkyl halides is 6. The van der Waals surface area contributed by atoms with Crippen molar-refractivity contribution in [3.63, 3.8) is 0 Å². The minimum atomic E-state index is -6.13. The molecule has 14 heteroatoms. The number of para-hydroxylation sites is 1. The van der Waals surface area contributed by atoms with E-state index in [1.54, 1.807) is 0 Å². The molecule has 1 aliphatic heterocycles. The Kier molecular flexibility index (Phi) is 4.57. The van der Waals surface area contributed by atoms with Crippen LogP contribution in [0.15, 0.2) is 56.7 Å². The highest BCUT2D eigenvalue weighted by molar-refractivity contribution is 6.03. The zero-order valence-corrected chi connectivity index (χ0v) is 15.4. The molecule has 32 heavy (non-hydrogen) atoms. The third-order valence-corrected chi connectivity index (χ3v) is 4.75. The number of anilines is 1. The smallest absolute Gasteiger partial charge is 0.446 e. The van der Waals surface area contributed by atoms with Gasteiger partial charge in [0.05, 0.1) is 12.0 Å². The zero-order valence-electron chi connectivity index (χ0n) is 15.4. The molecule has 0 saturated heterocycles. The summed E-state index contributed by atoms with van der Waals surface area (Å²) in [6, 6.07) is 6.38. The van der Waals surface area contributed by atoms with Crippen molar-refractivity contribution in [3.05, 3.63) is 80.6 Å². The number of hydrogen-bond donors (Lipinski definition) is 3. The number of aromatic nitrogens is 2. The molecule has 3 N–H and O–H groups in total. The normalized spacial score (nSPS) is 15.7. The van der Waals surface area contributed by atoms with Gasteiger partial charge in [-0.1, -0.05) is 12.1 Å². The van der Waals surface area contributed by atoms with Crippen molar-refractivity contribution in [1.29, 1.82) is 0 Å². The number of H-pyrrole nitrogens is 1. The van der Waals surface area contributed by atoms with Crippen molar-refractivity contribution >= 4 is 11.7 Å². The van der Waals surface area contributed by atoms with Crippen molar-refractivity contribution in [2.45, 2.75) is 17.9 Å². The first-order chi connectivity index (χ1) is 14.9. The molecule has 0 atom stereocenters. The molecule has 0 fully saturated rings. The second-order valence-electron chi connectivity index (χ2n) is 6.62. The Morgan fingerprint density at radius 3 is 2.19 bits per heavy atom. The first-order valence-corrected chi connectivity index (χ1v) is 8.62. The second-order valence-corrected chi connectivity index (χ2v) is 6.62. The summed E-state index contributed by atoms with van der Waals surface area (Å²) in [5, 5.41) is 2.16. The van der Waals surface area contributed by atoms with Gasteiger partial charge < -0.3 is 4.42 Å². The van der Waals surface area contributed by atoms with E-state index in [1.807, 2.05) is 0 Å². The maximum atomic E-state index is 14.4. The molecule has 0 aliphatic carbocycles. The third kappa shape index (κ3) is 2.93. The van der Waals surface area contributed by atoms with E-state index >= 15 is 0 Å². The van der Waals surface area contributed by atoms with Gasteiger partial charge in [-0.25, -0.2) is 24.1 Å². The van der Waals surface area contributed by atoms with Crippen LogP contribution in [0.4, 0.5) is 36.6 Å². The number of benzene rings is 1. The van der Waals surface area contributed by atoms with Crippen molar-refractivity contribution in [2.75, 3.05) is 5.32 Å². The number of rotatable bonds is 2. The number of aromatic amines is 1. The number of hydrogen-bond acceptors (Lipinski definition) is 4. The molecule has 0 saturated carbocycles. The van der Waals surface area contributed by atoms with E-state index in [4.69, 9.17) is 4.42 Å². The minimum absolute atomic E-state index is 0.183. The number of fused-ring (bicyclic) bond motifs is 1. The molecule has 1 aliphatic rings. The number of halogens is 7. The number of furan rings is 1. The second kappa shape index (κ2) is 6.83. The Hall–Kier alpha value is -3.84. The fraction of sp³-hybridized carbons (Fsp3) is 0.167. The Morgan fingerprint density at radius 2 is 1.62 bits per heavy atom. The molecular formula is C18H10F7N4O3+.